The molecule has 0 radical (unpaired) electrons. The van der Waals surface area contributed by atoms with Gasteiger partial charge >= 0.3 is 0 Å². The van der Waals surface area contributed by atoms with E-state index >= 15 is 0 Å². The Labute approximate surface area is 123 Å². The van der Waals surface area contributed by atoms with Crippen LogP contribution in [0.2, 0.25) is 0 Å². The highest BCUT2D eigenvalue weighted by Crippen LogP contribution is 2.31. The van der Waals surface area contributed by atoms with Crippen LogP contribution in [0, 0.1) is 11.6 Å². The van der Waals surface area contributed by atoms with Crippen LogP contribution in [-0.4, -0.2) is 44.2 Å². The van der Waals surface area contributed by atoms with E-state index in [4.69, 9.17) is 0 Å². The highest BCUT2D eigenvalue weighted by atomic mass is 32.2. The van der Waals surface area contributed by atoms with E-state index in [1.165, 1.54) is 12.1 Å². The number of rotatable bonds is 3. The summed E-state index contributed by atoms with van der Waals surface area (Å²) in [7, 11) is -3.16. The standard InChI is InChI=1S/C14H18F2N2O2S/c15-13-5-2-11(10-14(13)16)17-6-1-7-18(9-8-17)21(19,20)12-3-4-12/h2,5,10,12H,1,3-4,6-9H2. The van der Waals surface area contributed by atoms with Gasteiger partial charge in [-0.1, -0.05) is 0 Å². The van der Waals surface area contributed by atoms with Crippen molar-refractivity contribution in [1.82, 2.24) is 4.31 Å². The van der Waals surface area contributed by atoms with E-state index in [1.807, 2.05) is 4.90 Å². The predicted octanol–water partition coefficient (Wildman–Crippen LogP) is 1.97. The lowest BCUT2D eigenvalue weighted by Gasteiger charge is -2.23. The fourth-order valence-corrected chi connectivity index (χ4v) is 4.54. The van der Waals surface area contributed by atoms with Crippen LogP contribution in [0.5, 0.6) is 0 Å². The molecular formula is C14H18F2N2O2S. The average Bonchev–Trinajstić information content (AvgIpc) is 3.28. The summed E-state index contributed by atoms with van der Waals surface area (Å²) in [5.74, 6) is -1.74. The minimum atomic E-state index is -3.16. The normalized spacial score (nSPS) is 21.3. The Morgan fingerprint density at radius 2 is 1.76 bits per heavy atom. The summed E-state index contributed by atoms with van der Waals surface area (Å²) in [6.45, 7) is 2.04. The fourth-order valence-electron chi connectivity index (χ4n) is 2.66. The van der Waals surface area contributed by atoms with E-state index in [2.05, 4.69) is 0 Å². The molecule has 21 heavy (non-hydrogen) atoms. The van der Waals surface area contributed by atoms with Gasteiger partial charge in [-0.2, -0.15) is 4.31 Å². The van der Waals surface area contributed by atoms with Crippen LogP contribution >= 0.6 is 0 Å². The summed E-state index contributed by atoms with van der Waals surface area (Å²) in [4.78, 5) is 1.91. The summed E-state index contributed by atoms with van der Waals surface area (Å²) in [6.07, 6.45) is 2.20. The van der Waals surface area contributed by atoms with Gasteiger partial charge in [0.1, 0.15) is 0 Å². The third-order valence-electron chi connectivity index (χ3n) is 4.03. The maximum Gasteiger partial charge on any atom is 0.217 e. The van der Waals surface area contributed by atoms with Crippen LogP contribution in [-0.2, 0) is 10.0 Å². The van der Waals surface area contributed by atoms with E-state index < -0.39 is 21.7 Å². The second-order valence-corrected chi connectivity index (χ2v) is 7.80. The topological polar surface area (TPSA) is 40.6 Å². The third-order valence-corrected chi connectivity index (χ3v) is 6.43. The first kappa shape index (κ1) is 14.7. The van der Waals surface area contributed by atoms with Crippen molar-refractivity contribution in [3.63, 3.8) is 0 Å². The zero-order valence-corrected chi connectivity index (χ0v) is 12.5. The van der Waals surface area contributed by atoms with Crippen molar-refractivity contribution in [2.45, 2.75) is 24.5 Å². The maximum atomic E-state index is 13.3. The molecule has 1 saturated heterocycles. The molecular weight excluding hydrogens is 298 g/mol. The number of benzene rings is 1. The first-order valence-corrected chi connectivity index (χ1v) is 8.68. The minimum absolute atomic E-state index is 0.202. The maximum absolute atomic E-state index is 13.3. The fraction of sp³-hybridized carbons (Fsp3) is 0.571. The van der Waals surface area contributed by atoms with E-state index in [0.29, 0.717) is 38.3 Å². The van der Waals surface area contributed by atoms with Crippen LogP contribution in [0.4, 0.5) is 14.5 Å². The molecule has 3 rings (SSSR count). The SMILES string of the molecule is O=S(=O)(C1CC1)N1CCCN(c2ccc(F)c(F)c2)CC1. The van der Waals surface area contributed by atoms with Gasteiger partial charge in [0.2, 0.25) is 10.0 Å². The zero-order chi connectivity index (χ0) is 15.0. The lowest BCUT2D eigenvalue weighted by Crippen LogP contribution is -2.37. The predicted molar refractivity (Wildman–Crippen MR) is 76.7 cm³/mol. The molecule has 4 nitrogen and oxygen atoms in total. The van der Waals surface area contributed by atoms with Crippen molar-refractivity contribution in [3.05, 3.63) is 29.8 Å². The van der Waals surface area contributed by atoms with Crippen molar-refractivity contribution in [3.8, 4) is 0 Å². The Balaban J connectivity index is 1.72. The van der Waals surface area contributed by atoms with Crippen LogP contribution in [0.15, 0.2) is 18.2 Å². The van der Waals surface area contributed by atoms with Gasteiger partial charge in [0.15, 0.2) is 11.6 Å². The summed E-state index contributed by atoms with van der Waals surface area (Å²) in [5, 5.41) is -0.202. The molecule has 0 aromatic heterocycles. The molecule has 0 atom stereocenters. The van der Waals surface area contributed by atoms with E-state index in [-0.39, 0.29) is 5.25 Å². The zero-order valence-electron chi connectivity index (χ0n) is 11.6. The number of hydrogen-bond acceptors (Lipinski definition) is 3. The van der Waals surface area contributed by atoms with Gasteiger partial charge in [-0.05, 0) is 31.4 Å². The minimum Gasteiger partial charge on any atom is -0.370 e. The molecule has 1 aromatic rings. The molecule has 0 amide bonds. The van der Waals surface area contributed by atoms with Crippen molar-refractivity contribution in [2.75, 3.05) is 31.1 Å². The van der Waals surface area contributed by atoms with Crippen LogP contribution in [0.1, 0.15) is 19.3 Å². The monoisotopic (exact) mass is 316 g/mol. The second kappa shape index (κ2) is 5.53. The molecule has 1 aliphatic heterocycles. The van der Waals surface area contributed by atoms with E-state index in [9.17, 15) is 17.2 Å². The highest BCUT2D eigenvalue weighted by molar-refractivity contribution is 7.90. The molecule has 1 aliphatic carbocycles. The van der Waals surface area contributed by atoms with Gasteiger partial charge in [-0.3, -0.25) is 0 Å². The average molecular weight is 316 g/mol. The Morgan fingerprint density at radius 1 is 1.00 bits per heavy atom. The lowest BCUT2D eigenvalue weighted by molar-refractivity contribution is 0.432. The van der Waals surface area contributed by atoms with E-state index in [0.717, 1.165) is 18.9 Å². The largest absolute Gasteiger partial charge is 0.370 e. The smallest absolute Gasteiger partial charge is 0.217 e. The Kier molecular flexibility index (Phi) is 3.88. The highest BCUT2D eigenvalue weighted by Gasteiger charge is 2.40. The van der Waals surface area contributed by atoms with Crippen molar-refractivity contribution in [2.24, 2.45) is 0 Å². The van der Waals surface area contributed by atoms with Gasteiger partial charge in [-0.25, -0.2) is 17.2 Å². The van der Waals surface area contributed by atoms with Gasteiger partial charge < -0.3 is 4.90 Å². The molecule has 7 heteroatoms. The quantitative estimate of drug-likeness (QED) is 0.856. The Bertz CT molecular complexity index is 632. The second-order valence-electron chi connectivity index (χ2n) is 5.58. The molecule has 2 aliphatic rings. The summed E-state index contributed by atoms with van der Waals surface area (Å²) < 4.78 is 52.3. The molecule has 0 N–H and O–H groups in total. The molecule has 0 unspecified atom stereocenters. The van der Waals surface area contributed by atoms with Gasteiger partial charge in [0.05, 0.1) is 5.25 Å². The van der Waals surface area contributed by atoms with Crippen LogP contribution in [0.3, 0.4) is 0 Å². The first-order chi connectivity index (χ1) is 9.98. The molecule has 1 aromatic carbocycles. The number of anilines is 1. The molecule has 0 bridgehead atoms. The van der Waals surface area contributed by atoms with Crippen molar-refractivity contribution in [1.29, 1.82) is 0 Å². The number of nitrogens with zero attached hydrogens (tertiary/aromatic N) is 2. The summed E-state index contributed by atoms with van der Waals surface area (Å²) in [5.41, 5.74) is 0.597. The number of hydrogen-bond donors (Lipinski definition) is 0. The molecule has 1 heterocycles. The van der Waals surface area contributed by atoms with E-state index in [1.54, 1.807) is 4.31 Å². The van der Waals surface area contributed by atoms with Crippen molar-refractivity contribution < 1.29 is 17.2 Å². The van der Waals surface area contributed by atoms with Gasteiger partial charge in [0, 0.05) is 37.9 Å². The first-order valence-electron chi connectivity index (χ1n) is 7.17. The summed E-state index contributed by atoms with van der Waals surface area (Å²) in [6, 6.07) is 3.80. The number of halogens is 2. The lowest BCUT2D eigenvalue weighted by atomic mass is 10.2. The summed E-state index contributed by atoms with van der Waals surface area (Å²) >= 11 is 0. The Hall–Kier alpha value is -1.21. The van der Waals surface area contributed by atoms with Gasteiger partial charge in [0.25, 0.3) is 0 Å². The van der Waals surface area contributed by atoms with Gasteiger partial charge in [-0.15, -0.1) is 0 Å². The van der Waals surface area contributed by atoms with Crippen LogP contribution < -0.4 is 4.90 Å². The molecule has 0 spiro atoms. The molecule has 2 fully saturated rings. The number of sulfonamides is 1. The molecule has 116 valence electrons. The Morgan fingerprint density at radius 3 is 2.43 bits per heavy atom. The molecule has 1 saturated carbocycles. The van der Waals surface area contributed by atoms with Crippen LogP contribution in [0.25, 0.3) is 0 Å². The van der Waals surface area contributed by atoms with Crippen molar-refractivity contribution >= 4 is 15.7 Å². The third kappa shape index (κ3) is 3.03.